The lowest BCUT2D eigenvalue weighted by atomic mass is 10.3. The minimum absolute atomic E-state index is 0.139. The molecule has 0 unspecified atom stereocenters. The molecule has 0 spiro atoms. The molecule has 1 aliphatic rings. The highest BCUT2D eigenvalue weighted by molar-refractivity contribution is 7.89. The van der Waals surface area contributed by atoms with Gasteiger partial charge in [-0.1, -0.05) is 0 Å². The second kappa shape index (κ2) is 8.15. The zero-order valence-electron chi connectivity index (χ0n) is 14.4. The van der Waals surface area contributed by atoms with E-state index < -0.39 is 21.7 Å². The lowest BCUT2D eigenvalue weighted by Gasteiger charge is -2.33. The second-order valence-corrected chi connectivity index (χ2v) is 8.05. The fraction of sp³-hybridized carbons (Fsp3) is 0.353. The molecule has 1 aromatic heterocycles. The molecule has 1 aromatic carbocycles. The number of rotatable bonds is 6. The van der Waals surface area contributed by atoms with Crippen molar-refractivity contribution >= 4 is 15.9 Å². The minimum Gasteiger partial charge on any atom is -0.467 e. The predicted octanol–water partition coefficient (Wildman–Crippen LogP) is 1.18. The summed E-state index contributed by atoms with van der Waals surface area (Å²) < 4.78 is 57.8. The number of piperazine rings is 1. The maximum absolute atomic E-state index is 13.3. The number of furan rings is 1. The molecule has 7 nitrogen and oxygen atoms in total. The van der Waals surface area contributed by atoms with Gasteiger partial charge in [-0.2, -0.15) is 4.31 Å². The van der Waals surface area contributed by atoms with Gasteiger partial charge in [-0.15, -0.1) is 0 Å². The average Bonchev–Trinajstić information content (AvgIpc) is 3.16. The van der Waals surface area contributed by atoms with Crippen LogP contribution < -0.4 is 5.32 Å². The Kier molecular flexibility index (Phi) is 5.88. The molecule has 0 bridgehead atoms. The maximum atomic E-state index is 13.3. The number of hydrogen-bond donors (Lipinski definition) is 1. The zero-order valence-corrected chi connectivity index (χ0v) is 15.2. The van der Waals surface area contributed by atoms with Crippen molar-refractivity contribution in [2.24, 2.45) is 0 Å². The van der Waals surface area contributed by atoms with E-state index >= 15 is 0 Å². The summed E-state index contributed by atoms with van der Waals surface area (Å²) in [6.45, 7) is 1.46. The third-order valence-electron chi connectivity index (χ3n) is 4.27. The van der Waals surface area contributed by atoms with E-state index in [1.54, 1.807) is 12.1 Å². The largest absolute Gasteiger partial charge is 0.467 e. The first-order valence-electron chi connectivity index (χ1n) is 8.33. The SMILES string of the molecule is O=C(CN1CCN(S(=O)(=O)c2ccc(F)c(F)c2)CC1)NCc1ccco1. The van der Waals surface area contributed by atoms with Crippen molar-refractivity contribution in [2.75, 3.05) is 32.7 Å². The number of carbonyl (C=O) groups is 1. The summed E-state index contributed by atoms with van der Waals surface area (Å²) in [4.78, 5) is 13.5. The molecule has 1 N–H and O–H groups in total. The number of benzene rings is 1. The van der Waals surface area contributed by atoms with Crippen molar-refractivity contribution in [2.45, 2.75) is 11.4 Å². The van der Waals surface area contributed by atoms with E-state index in [9.17, 15) is 22.0 Å². The Hall–Kier alpha value is -2.30. The summed E-state index contributed by atoms with van der Waals surface area (Å²) in [6.07, 6.45) is 1.52. The quantitative estimate of drug-likeness (QED) is 0.789. The van der Waals surface area contributed by atoms with Crippen LogP contribution in [0.25, 0.3) is 0 Å². The molecule has 1 aliphatic heterocycles. The minimum atomic E-state index is -3.91. The van der Waals surface area contributed by atoms with E-state index in [1.807, 2.05) is 4.90 Å². The topological polar surface area (TPSA) is 82.9 Å². The van der Waals surface area contributed by atoms with Crippen molar-refractivity contribution in [3.63, 3.8) is 0 Å². The van der Waals surface area contributed by atoms with Crippen LogP contribution in [-0.2, 0) is 21.4 Å². The maximum Gasteiger partial charge on any atom is 0.243 e. The monoisotopic (exact) mass is 399 g/mol. The van der Waals surface area contributed by atoms with Crippen LogP contribution in [0.2, 0.25) is 0 Å². The highest BCUT2D eigenvalue weighted by Gasteiger charge is 2.29. The van der Waals surface area contributed by atoms with E-state index in [2.05, 4.69) is 5.32 Å². The highest BCUT2D eigenvalue weighted by Crippen LogP contribution is 2.19. The van der Waals surface area contributed by atoms with Gasteiger partial charge in [-0.25, -0.2) is 17.2 Å². The van der Waals surface area contributed by atoms with E-state index in [1.165, 1.54) is 10.6 Å². The van der Waals surface area contributed by atoms with Crippen molar-refractivity contribution in [3.8, 4) is 0 Å². The summed E-state index contributed by atoms with van der Waals surface area (Å²) >= 11 is 0. The van der Waals surface area contributed by atoms with Crippen LogP contribution in [0.15, 0.2) is 45.9 Å². The average molecular weight is 399 g/mol. The number of amides is 1. The van der Waals surface area contributed by atoms with Gasteiger partial charge in [0, 0.05) is 26.2 Å². The van der Waals surface area contributed by atoms with Crippen LogP contribution in [0.1, 0.15) is 5.76 Å². The van der Waals surface area contributed by atoms with E-state index in [0.717, 1.165) is 12.1 Å². The van der Waals surface area contributed by atoms with Gasteiger partial charge in [0.05, 0.1) is 24.2 Å². The Morgan fingerprint density at radius 1 is 1.11 bits per heavy atom. The van der Waals surface area contributed by atoms with Gasteiger partial charge in [0.1, 0.15) is 5.76 Å². The lowest BCUT2D eigenvalue weighted by Crippen LogP contribution is -2.51. The fourth-order valence-corrected chi connectivity index (χ4v) is 4.21. The van der Waals surface area contributed by atoms with Crippen LogP contribution >= 0.6 is 0 Å². The van der Waals surface area contributed by atoms with E-state index in [4.69, 9.17) is 4.42 Å². The van der Waals surface area contributed by atoms with Crippen LogP contribution in [0, 0.1) is 11.6 Å². The molecule has 27 heavy (non-hydrogen) atoms. The number of nitrogens with one attached hydrogen (secondary N) is 1. The number of halogens is 2. The fourth-order valence-electron chi connectivity index (χ4n) is 2.77. The lowest BCUT2D eigenvalue weighted by molar-refractivity contribution is -0.122. The normalized spacial score (nSPS) is 16.4. The molecule has 10 heteroatoms. The summed E-state index contributed by atoms with van der Waals surface area (Å²) in [7, 11) is -3.91. The Morgan fingerprint density at radius 2 is 1.85 bits per heavy atom. The van der Waals surface area contributed by atoms with Gasteiger partial charge >= 0.3 is 0 Å². The first-order chi connectivity index (χ1) is 12.9. The molecule has 146 valence electrons. The molecular weight excluding hydrogens is 380 g/mol. The molecular formula is C17H19F2N3O4S. The first kappa shape index (κ1) is 19.5. The van der Waals surface area contributed by atoms with Crippen molar-refractivity contribution in [1.29, 1.82) is 0 Å². The molecule has 0 aliphatic carbocycles. The third-order valence-corrected chi connectivity index (χ3v) is 6.16. The van der Waals surface area contributed by atoms with Crippen LogP contribution in [0.3, 0.4) is 0 Å². The molecule has 1 amide bonds. The summed E-state index contributed by atoms with van der Waals surface area (Å²) in [5.74, 6) is -1.85. The van der Waals surface area contributed by atoms with Gasteiger partial charge < -0.3 is 9.73 Å². The number of hydrogen-bond acceptors (Lipinski definition) is 5. The Bertz CT molecular complexity index is 895. The third kappa shape index (κ3) is 4.71. The Labute approximate surface area is 155 Å². The van der Waals surface area contributed by atoms with Gasteiger partial charge in [-0.05, 0) is 30.3 Å². The van der Waals surface area contributed by atoms with Crippen LogP contribution in [0.5, 0.6) is 0 Å². The molecule has 0 atom stereocenters. The standard InChI is InChI=1S/C17H19F2N3O4S/c18-15-4-3-14(10-16(15)19)27(24,25)22-7-5-21(6-8-22)12-17(23)20-11-13-2-1-9-26-13/h1-4,9-10H,5-8,11-12H2,(H,20,23). The molecule has 2 aromatic rings. The summed E-state index contributed by atoms with van der Waals surface area (Å²) in [6, 6.07) is 6.00. The summed E-state index contributed by atoms with van der Waals surface area (Å²) in [5, 5.41) is 2.73. The smallest absolute Gasteiger partial charge is 0.243 e. The number of carbonyl (C=O) groups excluding carboxylic acids is 1. The van der Waals surface area contributed by atoms with Gasteiger partial charge in [0.25, 0.3) is 0 Å². The van der Waals surface area contributed by atoms with Crippen molar-refractivity contribution < 1.29 is 26.4 Å². The molecule has 1 saturated heterocycles. The van der Waals surface area contributed by atoms with Crippen LogP contribution in [-0.4, -0.2) is 56.3 Å². The van der Waals surface area contributed by atoms with Crippen molar-refractivity contribution in [3.05, 3.63) is 54.0 Å². The molecule has 1 fully saturated rings. The van der Waals surface area contributed by atoms with E-state index in [-0.39, 0.29) is 37.0 Å². The Balaban J connectivity index is 1.51. The molecule has 2 heterocycles. The highest BCUT2D eigenvalue weighted by atomic mass is 32.2. The first-order valence-corrected chi connectivity index (χ1v) is 9.77. The number of nitrogens with zero attached hydrogens (tertiary/aromatic N) is 2. The second-order valence-electron chi connectivity index (χ2n) is 6.11. The summed E-state index contributed by atoms with van der Waals surface area (Å²) in [5.41, 5.74) is 0. The zero-order chi connectivity index (χ0) is 19.4. The van der Waals surface area contributed by atoms with Gasteiger partial charge in [0.2, 0.25) is 15.9 Å². The van der Waals surface area contributed by atoms with Gasteiger partial charge in [0.15, 0.2) is 11.6 Å². The van der Waals surface area contributed by atoms with Crippen molar-refractivity contribution in [1.82, 2.24) is 14.5 Å². The molecule has 0 radical (unpaired) electrons. The van der Waals surface area contributed by atoms with Crippen LogP contribution in [0.4, 0.5) is 8.78 Å². The number of sulfonamides is 1. The molecule has 3 rings (SSSR count). The van der Waals surface area contributed by atoms with Gasteiger partial charge in [-0.3, -0.25) is 9.69 Å². The Morgan fingerprint density at radius 3 is 2.48 bits per heavy atom. The predicted molar refractivity (Wildman–Crippen MR) is 92.1 cm³/mol. The van der Waals surface area contributed by atoms with E-state index in [0.29, 0.717) is 24.9 Å². The molecule has 0 saturated carbocycles.